The van der Waals surface area contributed by atoms with Crippen LogP contribution in [0.3, 0.4) is 0 Å². The smallest absolute Gasteiger partial charge is 0.119 e. The third kappa shape index (κ3) is 6.06. The van der Waals surface area contributed by atoms with Gasteiger partial charge in [0, 0.05) is 19.1 Å². The molecule has 28 heavy (non-hydrogen) atoms. The van der Waals surface area contributed by atoms with Crippen LogP contribution in [0.4, 0.5) is 0 Å². The van der Waals surface area contributed by atoms with Crippen molar-refractivity contribution >= 4 is 0 Å². The highest BCUT2D eigenvalue weighted by Crippen LogP contribution is 2.24. The molecule has 0 amide bonds. The summed E-state index contributed by atoms with van der Waals surface area (Å²) in [6, 6.07) is 17.7. The summed E-state index contributed by atoms with van der Waals surface area (Å²) in [5.41, 5.74) is 9.89. The normalized spacial score (nSPS) is 15.9. The summed E-state index contributed by atoms with van der Waals surface area (Å²) >= 11 is 0. The summed E-state index contributed by atoms with van der Waals surface area (Å²) in [7, 11) is 0. The van der Waals surface area contributed by atoms with Crippen LogP contribution in [0.25, 0.3) is 11.1 Å². The number of nitrogens with two attached hydrogens (primary N) is 1. The number of likely N-dealkylation sites (tertiary alicyclic amines) is 1. The summed E-state index contributed by atoms with van der Waals surface area (Å²) in [5.74, 6) is 0.941. The third-order valence-electron chi connectivity index (χ3n) is 5.72. The van der Waals surface area contributed by atoms with Crippen LogP contribution in [-0.4, -0.2) is 55.2 Å². The van der Waals surface area contributed by atoms with E-state index in [4.69, 9.17) is 10.5 Å². The lowest BCUT2D eigenvalue weighted by Gasteiger charge is -2.30. The molecule has 2 aromatic carbocycles. The fourth-order valence-corrected chi connectivity index (χ4v) is 3.79. The number of benzene rings is 2. The lowest BCUT2D eigenvalue weighted by atomic mass is 10.0. The third-order valence-corrected chi connectivity index (χ3v) is 5.72. The van der Waals surface area contributed by atoms with E-state index in [1.54, 1.807) is 0 Å². The fraction of sp³-hybridized carbons (Fsp3) is 0.500. The highest BCUT2D eigenvalue weighted by molar-refractivity contribution is 5.64. The predicted molar refractivity (Wildman–Crippen MR) is 118 cm³/mol. The van der Waals surface area contributed by atoms with Crippen molar-refractivity contribution in [2.45, 2.75) is 39.3 Å². The van der Waals surface area contributed by atoms with Gasteiger partial charge in [0.2, 0.25) is 0 Å². The highest BCUT2D eigenvalue weighted by atomic mass is 16.5. The molecule has 0 bridgehead atoms. The van der Waals surface area contributed by atoms with Gasteiger partial charge in [0.25, 0.3) is 0 Å². The van der Waals surface area contributed by atoms with Crippen molar-refractivity contribution in [3.63, 3.8) is 0 Å². The van der Waals surface area contributed by atoms with E-state index in [2.05, 4.69) is 72.2 Å². The molecule has 4 heteroatoms. The van der Waals surface area contributed by atoms with Crippen molar-refractivity contribution in [2.24, 2.45) is 5.73 Å². The van der Waals surface area contributed by atoms with Gasteiger partial charge in [-0.2, -0.15) is 0 Å². The van der Waals surface area contributed by atoms with E-state index in [0.29, 0.717) is 6.04 Å². The van der Waals surface area contributed by atoms with E-state index >= 15 is 0 Å². The number of hydrogen-bond acceptors (Lipinski definition) is 4. The van der Waals surface area contributed by atoms with Crippen LogP contribution in [0.2, 0.25) is 0 Å². The van der Waals surface area contributed by atoms with Crippen LogP contribution >= 0.6 is 0 Å². The standard InChI is InChI=1S/C24H35N3O/c1-3-26(4-2)16-17-28-24-10-8-21(9-11-24)22-7-5-6-20(18-22)19-27-14-12-23(25)13-15-27/h5-11,18,23H,3-4,12-17,19,25H2,1-2H3. The molecular formula is C24H35N3O. The lowest BCUT2D eigenvalue weighted by molar-refractivity contribution is 0.205. The van der Waals surface area contributed by atoms with Crippen molar-refractivity contribution in [2.75, 3.05) is 39.3 Å². The van der Waals surface area contributed by atoms with Gasteiger partial charge in [-0.3, -0.25) is 4.90 Å². The zero-order valence-electron chi connectivity index (χ0n) is 17.4. The number of likely N-dealkylation sites (N-methyl/N-ethyl adjacent to an activating group) is 1. The van der Waals surface area contributed by atoms with Crippen molar-refractivity contribution < 1.29 is 4.74 Å². The molecule has 3 rings (SSSR count). The quantitative estimate of drug-likeness (QED) is 0.713. The molecule has 1 saturated heterocycles. The molecule has 0 aliphatic carbocycles. The van der Waals surface area contributed by atoms with Crippen molar-refractivity contribution in [3.05, 3.63) is 54.1 Å². The van der Waals surface area contributed by atoms with Crippen molar-refractivity contribution in [1.29, 1.82) is 0 Å². The molecule has 0 saturated carbocycles. The molecule has 0 spiro atoms. The average molecular weight is 382 g/mol. The van der Waals surface area contributed by atoms with E-state index in [1.807, 2.05) is 0 Å². The largest absolute Gasteiger partial charge is 0.492 e. The summed E-state index contributed by atoms with van der Waals surface area (Å²) in [4.78, 5) is 4.88. The Morgan fingerprint density at radius 1 is 1.00 bits per heavy atom. The van der Waals surface area contributed by atoms with E-state index in [9.17, 15) is 0 Å². The zero-order chi connectivity index (χ0) is 19.8. The van der Waals surface area contributed by atoms with Crippen LogP contribution in [0, 0.1) is 0 Å². The molecule has 4 nitrogen and oxygen atoms in total. The first-order valence-corrected chi connectivity index (χ1v) is 10.7. The molecule has 1 fully saturated rings. The maximum atomic E-state index is 6.02. The maximum Gasteiger partial charge on any atom is 0.119 e. The second-order valence-electron chi connectivity index (χ2n) is 7.71. The van der Waals surface area contributed by atoms with Gasteiger partial charge in [-0.25, -0.2) is 0 Å². The van der Waals surface area contributed by atoms with Crippen LogP contribution in [0.1, 0.15) is 32.3 Å². The van der Waals surface area contributed by atoms with Gasteiger partial charge in [-0.15, -0.1) is 0 Å². The Morgan fingerprint density at radius 2 is 1.71 bits per heavy atom. The van der Waals surface area contributed by atoms with Crippen molar-refractivity contribution in [1.82, 2.24) is 9.80 Å². The molecule has 152 valence electrons. The number of ether oxygens (including phenoxy) is 1. The number of hydrogen-bond donors (Lipinski definition) is 1. The predicted octanol–water partition coefficient (Wildman–Crippen LogP) is 4.00. The Kier molecular flexibility index (Phi) is 7.90. The number of rotatable bonds is 9. The molecule has 0 atom stereocenters. The first kappa shape index (κ1) is 20.8. The fourth-order valence-electron chi connectivity index (χ4n) is 3.79. The SMILES string of the molecule is CCN(CC)CCOc1ccc(-c2cccc(CN3CCC(N)CC3)c2)cc1. The first-order valence-electron chi connectivity index (χ1n) is 10.7. The summed E-state index contributed by atoms with van der Waals surface area (Å²) < 4.78 is 5.91. The zero-order valence-corrected chi connectivity index (χ0v) is 17.4. The molecule has 1 aliphatic heterocycles. The molecule has 0 radical (unpaired) electrons. The minimum absolute atomic E-state index is 0.385. The van der Waals surface area contributed by atoms with E-state index < -0.39 is 0 Å². The molecule has 1 heterocycles. The van der Waals surface area contributed by atoms with Crippen LogP contribution in [0.15, 0.2) is 48.5 Å². The van der Waals surface area contributed by atoms with E-state index in [1.165, 1.54) is 16.7 Å². The van der Waals surface area contributed by atoms with Gasteiger partial charge in [-0.05, 0) is 73.9 Å². The Labute approximate surface area is 170 Å². The van der Waals surface area contributed by atoms with Gasteiger partial charge >= 0.3 is 0 Å². The maximum absolute atomic E-state index is 6.02. The highest BCUT2D eigenvalue weighted by Gasteiger charge is 2.16. The van der Waals surface area contributed by atoms with E-state index in [0.717, 1.165) is 64.5 Å². The number of nitrogens with zero attached hydrogens (tertiary/aromatic N) is 2. The topological polar surface area (TPSA) is 41.7 Å². The molecule has 2 N–H and O–H groups in total. The number of piperidine rings is 1. The van der Waals surface area contributed by atoms with Gasteiger partial charge < -0.3 is 15.4 Å². The minimum Gasteiger partial charge on any atom is -0.492 e. The summed E-state index contributed by atoms with van der Waals surface area (Å²) in [6.45, 7) is 11.4. The van der Waals surface area contributed by atoms with Gasteiger partial charge in [0.05, 0.1) is 0 Å². The average Bonchev–Trinajstić information content (AvgIpc) is 2.74. The molecule has 0 unspecified atom stereocenters. The Hall–Kier alpha value is -1.88. The molecule has 2 aromatic rings. The Balaban J connectivity index is 1.56. The van der Waals surface area contributed by atoms with Gasteiger partial charge in [0.1, 0.15) is 12.4 Å². The lowest BCUT2D eigenvalue weighted by Crippen LogP contribution is -2.39. The molecule has 0 aromatic heterocycles. The summed E-state index contributed by atoms with van der Waals surface area (Å²) in [6.07, 6.45) is 2.21. The second-order valence-corrected chi connectivity index (χ2v) is 7.71. The molecule has 1 aliphatic rings. The monoisotopic (exact) mass is 381 g/mol. The van der Waals surface area contributed by atoms with Crippen LogP contribution < -0.4 is 10.5 Å². The first-order chi connectivity index (χ1) is 13.7. The van der Waals surface area contributed by atoms with E-state index in [-0.39, 0.29) is 0 Å². The van der Waals surface area contributed by atoms with Crippen molar-refractivity contribution in [3.8, 4) is 16.9 Å². The second kappa shape index (κ2) is 10.6. The van der Waals surface area contributed by atoms with Gasteiger partial charge in [-0.1, -0.05) is 44.2 Å². The van der Waals surface area contributed by atoms with Crippen LogP contribution in [0.5, 0.6) is 5.75 Å². The van der Waals surface area contributed by atoms with Gasteiger partial charge in [0.15, 0.2) is 0 Å². The molecular weight excluding hydrogens is 346 g/mol. The Bertz CT molecular complexity index is 704. The van der Waals surface area contributed by atoms with Crippen LogP contribution in [-0.2, 0) is 6.54 Å². The summed E-state index contributed by atoms with van der Waals surface area (Å²) in [5, 5.41) is 0. The minimum atomic E-state index is 0.385. The Morgan fingerprint density at radius 3 is 2.39 bits per heavy atom.